The Balaban J connectivity index is 1.24. The van der Waals surface area contributed by atoms with Gasteiger partial charge in [-0.15, -0.1) is 0 Å². The molecule has 5 rings (SSSR count). The van der Waals surface area contributed by atoms with Crippen molar-refractivity contribution in [1.82, 2.24) is 24.4 Å². The summed E-state index contributed by atoms with van der Waals surface area (Å²) in [6.45, 7) is 1.79. The molecule has 0 spiro atoms. The van der Waals surface area contributed by atoms with E-state index in [0.717, 1.165) is 12.1 Å². The fraction of sp³-hybridized carbons (Fsp3) is 0.419. The number of nitrogens with zero attached hydrogens (tertiary/aromatic N) is 5. The standard InChI is InChI=1S/C31H33F4N5O5/c1-18-12-22(45-29-8-10-36-27(38-29)17-43-26-7-5-21(32)14-23(26)33)9-11-39(18)16-28-37-24-6-4-20(30(41)42-3)13-25(24)40(28)15-19(2)44-31(34)35/h4-8,10,13-14,18-19,22,31H,9,11-12,15-17H2,1-3H3/t18-,19-,22-/m0/s1. The van der Waals surface area contributed by atoms with Crippen LogP contribution in [0.4, 0.5) is 17.6 Å². The molecule has 0 bridgehead atoms. The van der Waals surface area contributed by atoms with Crippen molar-refractivity contribution in [2.75, 3.05) is 13.7 Å². The van der Waals surface area contributed by atoms with Crippen molar-refractivity contribution in [3.8, 4) is 11.6 Å². The Bertz CT molecular complexity index is 1640. The first kappa shape index (κ1) is 32.1. The van der Waals surface area contributed by atoms with Crippen LogP contribution in [0.2, 0.25) is 0 Å². The summed E-state index contributed by atoms with van der Waals surface area (Å²) in [5.74, 6) is -0.855. The van der Waals surface area contributed by atoms with Crippen LogP contribution in [0.15, 0.2) is 48.7 Å². The number of piperidine rings is 1. The Morgan fingerprint density at radius 1 is 1.11 bits per heavy atom. The Labute approximate surface area is 256 Å². The van der Waals surface area contributed by atoms with Crippen LogP contribution >= 0.6 is 0 Å². The van der Waals surface area contributed by atoms with Gasteiger partial charge in [0.1, 0.15) is 24.4 Å². The van der Waals surface area contributed by atoms with Gasteiger partial charge >= 0.3 is 12.6 Å². The molecule has 3 atom stereocenters. The highest BCUT2D eigenvalue weighted by Crippen LogP contribution is 2.26. The number of esters is 1. The van der Waals surface area contributed by atoms with Crippen molar-refractivity contribution >= 4 is 17.0 Å². The summed E-state index contributed by atoms with van der Waals surface area (Å²) in [5, 5.41) is 0. The van der Waals surface area contributed by atoms with Crippen molar-refractivity contribution in [2.45, 2.75) is 71.2 Å². The SMILES string of the molecule is COC(=O)c1ccc2nc(CN3CC[C@H](Oc4ccnc(COc5ccc(F)cc5F)n4)C[C@@H]3C)n(C[C@H](C)OC(F)F)c2c1. The molecule has 2 aromatic carbocycles. The number of halogens is 4. The van der Waals surface area contributed by atoms with E-state index in [2.05, 4.69) is 21.8 Å². The van der Waals surface area contributed by atoms with Crippen LogP contribution in [0.5, 0.6) is 11.6 Å². The molecule has 0 unspecified atom stereocenters. The van der Waals surface area contributed by atoms with Crippen molar-refractivity contribution in [2.24, 2.45) is 0 Å². The van der Waals surface area contributed by atoms with Crippen LogP contribution in [-0.4, -0.2) is 68.9 Å². The van der Waals surface area contributed by atoms with Crippen molar-refractivity contribution in [3.63, 3.8) is 0 Å². The lowest BCUT2D eigenvalue weighted by atomic mass is 10.0. The van der Waals surface area contributed by atoms with Crippen LogP contribution in [0, 0.1) is 11.6 Å². The maximum Gasteiger partial charge on any atom is 0.345 e. The minimum atomic E-state index is -2.92. The van der Waals surface area contributed by atoms with E-state index in [0.29, 0.717) is 54.2 Å². The third-order valence-electron chi connectivity index (χ3n) is 7.55. The van der Waals surface area contributed by atoms with Gasteiger partial charge in [0.25, 0.3) is 0 Å². The zero-order valence-corrected chi connectivity index (χ0v) is 25.0. The first-order valence-electron chi connectivity index (χ1n) is 14.4. The smallest absolute Gasteiger partial charge is 0.345 e. The van der Waals surface area contributed by atoms with E-state index in [9.17, 15) is 22.4 Å². The molecule has 1 aliphatic rings. The molecule has 0 radical (unpaired) electrons. The van der Waals surface area contributed by atoms with Gasteiger partial charge in [-0.1, -0.05) is 0 Å². The van der Waals surface area contributed by atoms with Crippen LogP contribution in [0.25, 0.3) is 11.0 Å². The molecule has 0 N–H and O–H groups in total. The molecule has 240 valence electrons. The second kappa shape index (κ2) is 14.2. The second-order valence-corrected chi connectivity index (χ2v) is 10.8. The van der Waals surface area contributed by atoms with Gasteiger partial charge in [0.2, 0.25) is 5.88 Å². The zero-order chi connectivity index (χ0) is 32.1. The number of aromatic nitrogens is 4. The van der Waals surface area contributed by atoms with Gasteiger partial charge in [-0.2, -0.15) is 13.8 Å². The number of imidazole rings is 1. The highest BCUT2D eigenvalue weighted by Gasteiger charge is 2.29. The lowest BCUT2D eigenvalue weighted by Crippen LogP contribution is -2.44. The van der Waals surface area contributed by atoms with Gasteiger partial charge < -0.3 is 23.5 Å². The second-order valence-electron chi connectivity index (χ2n) is 10.8. The predicted molar refractivity (Wildman–Crippen MR) is 154 cm³/mol. The van der Waals surface area contributed by atoms with E-state index in [1.807, 2.05) is 4.57 Å². The van der Waals surface area contributed by atoms with E-state index in [-0.39, 0.29) is 36.9 Å². The number of alkyl halides is 2. The first-order chi connectivity index (χ1) is 21.6. The summed E-state index contributed by atoms with van der Waals surface area (Å²) in [6, 6.07) is 9.72. The molecule has 0 aliphatic carbocycles. The molecule has 2 aromatic heterocycles. The highest BCUT2D eigenvalue weighted by atomic mass is 19.3. The largest absolute Gasteiger partial charge is 0.483 e. The molecule has 0 saturated carbocycles. The van der Waals surface area contributed by atoms with Crippen LogP contribution in [0.3, 0.4) is 0 Å². The summed E-state index contributed by atoms with van der Waals surface area (Å²) >= 11 is 0. The minimum Gasteiger partial charge on any atom is -0.483 e. The molecule has 1 saturated heterocycles. The summed E-state index contributed by atoms with van der Waals surface area (Å²) in [4.78, 5) is 27.7. The van der Waals surface area contributed by atoms with Gasteiger partial charge in [-0.25, -0.2) is 23.5 Å². The summed E-state index contributed by atoms with van der Waals surface area (Å²) < 4.78 is 75.9. The first-order valence-corrected chi connectivity index (χ1v) is 14.4. The molecule has 0 amide bonds. The number of methoxy groups -OCH3 is 1. The number of fused-ring (bicyclic) bond motifs is 1. The van der Waals surface area contributed by atoms with Gasteiger partial charge in [-0.3, -0.25) is 4.90 Å². The molecule has 3 heterocycles. The molecular weight excluding hydrogens is 598 g/mol. The van der Waals surface area contributed by atoms with Gasteiger partial charge in [-0.05, 0) is 57.0 Å². The Hall–Kier alpha value is -4.30. The fourth-order valence-corrected chi connectivity index (χ4v) is 5.34. The number of likely N-dealkylation sites (tertiary alicyclic amines) is 1. The Morgan fingerprint density at radius 3 is 2.67 bits per heavy atom. The topological polar surface area (TPSA) is 101 Å². The maximum absolute atomic E-state index is 13.9. The molecule has 1 aliphatic heterocycles. The fourth-order valence-electron chi connectivity index (χ4n) is 5.34. The van der Waals surface area contributed by atoms with E-state index in [1.54, 1.807) is 31.2 Å². The van der Waals surface area contributed by atoms with E-state index in [1.165, 1.54) is 19.4 Å². The van der Waals surface area contributed by atoms with Crippen molar-refractivity contribution < 1.29 is 41.3 Å². The quantitative estimate of drug-likeness (QED) is 0.148. The lowest BCUT2D eigenvalue weighted by molar-refractivity contribution is -0.160. The predicted octanol–water partition coefficient (Wildman–Crippen LogP) is 5.53. The number of carbonyl (C=O) groups excluding carboxylic acids is 1. The molecule has 10 nitrogen and oxygen atoms in total. The minimum absolute atomic E-state index is 0.0727. The molecule has 1 fully saturated rings. The van der Waals surface area contributed by atoms with Gasteiger partial charge in [0.15, 0.2) is 17.4 Å². The summed E-state index contributed by atoms with van der Waals surface area (Å²) in [5.41, 5.74) is 1.57. The van der Waals surface area contributed by atoms with Crippen molar-refractivity contribution in [3.05, 3.63) is 77.5 Å². The van der Waals surface area contributed by atoms with Gasteiger partial charge in [0, 0.05) is 30.9 Å². The monoisotopic (exact) mass is 631 g/mol. The summed E-state index contributed by atoms with van der Waals surface area (Å²) in [7, 11) is 1.29. The van der Waals surface area contributed by atoms with Gasteiger partial charge in [0.05, 0.1) is 42.9 Å². The van der Waals surface area contributed by atoms with E-state index in [4.69, 9.17) is 23.9 Å². The number of hydrogen-bond acceptors (Lipinski definition) is 9. The summed E-state index contributed by atoms with van der Waals surface area (Å²) in [6.07, 6.45) is 1.93. The normalized spacial score (nSPS) is 17.9. The number of benzene rings is 2. The average Bonchev–Trinajstić information content (AvgIpc) is 3.33. The number of hydrogen-bond donors (Lipinski definition) is 0. The number of ether oxygens (including phenoxy) is 4. The highest BCUT2D eigenvalue weighted by molar-refractivity contribution is 5.93. The Morgan fingerprint density at radius 2 is 1.93 bits per heavy atom. The molecular formula is C31H33F4N5O5. The van der Waals surface area contributed by atoms with Crippen molar-refractivity contribution in [1.29, 1.82) is 0 Å². The number of rotatable bonds is 12. The third-order valence-corrected chi connectivity index (χ3v) is 7.55. The van der Waals surface area contributed by atoms with E-state index >= 15 is 0 Å². The molecule has 4 aromatic rings. The zero-order valence-electron chi connectivity index (χ0n) is 25.0. The maximum atomic E-state index is 13.9. The molecule has 14 heteroatoms. The van der Waals surface area contributed by atoms with Crippen LogP contribution < -0.4 is 9.47 Å². The molecule has 45 heavy (non-hydrogen) atoms. The average molecular weight is 632 g/mol. The number of carbonyl (C=O) groups is 1. The lowest BCUT2D eigenvalue weighted by Gasteiger charge is -2.37. The van der Waals surface area contributed by atoms with E-state index < -0.39 is 30.3 Å². The van der Waals surface area contributed by atoms with Crippen LogP contribution in [0.1, 0.15) is 48.7 Å². The van der Waals surface area contributed by atoms with Crippen LogP contribution in [-0.2, 0) is 29.2 Å². The third kappa shape index (κ3) is 8.05. The Kier molecular flexibility index (Phi) is 10.1.